The molecule has 1 aromatic carbocycles. The third-order valence-electron chi connectivity index (χ3n) is 6.20. The van der Waals surface area contributed by atoms with Gasteiger partial charge in [0.25, 0.3) is 0 Å². The van der Waals surface area contributed by atoms with Crippen LogP contribution in [0.15, 0.2) is 36.7 Å². The predicted octanol–water partition coefficient (Wildman–Crippen LogP) is 4.64. The number of nitrogens with one attached hydrogen (secondary N) is 1. The first-order valence-corrected chi connectivity index (χ1v) is 9.95. The number of hydrogen-bond donors (Lipinski definition) is 2. The van der Waals surface area contributed by atoms with Crippen LogP contribution in [-0.2, 0) is 0 Å². The molecule has 3 unspecified atom stereocenters. The van der Waals surface area contributed by atoms with E-state index >= 15 is 0 Å². The van der Waals surface area contributed by atoms with Crippen LogP contribution < -0.4 is 16.0 Å². The van der Waals surface area contributed by atoms with Crippen molar-refractivity contribution in [2.24, 2.45) is 10.8 Å². The van der Waals surface area contributed by atoms with Gasteiger partial charge in [-0.3, -0.25) is 0 Å². The van der Waals surface area contributed by atoms with E-state index in [1.165, 1.54) is 24.8 Å². The molecule has 5 nitrogen and oxygen atoms in total. The molecular weight excluding hydrogens is 334 g/mol. The van der Waals surface area contributed by atoms with Crippen LogP contribution in [0.2, 0.25) is 0 Å². The van der Waals surface area contributed by atoms with E-state index in [4.69, 9.17) is 5.73 Å². The molecule has 1 aliphatic carbocycles. The maximum atomic E-state index is 6.55. The second kappa shape index (κ2) is 6.39. The molecule has 3 atom stereocenters. The van der Waals surface area contributed by atoms with E-state index in [0.717, 1.165) is 18.2 Å². The Balaban J connectivity index is 1.60. The molecule has 0 radical (unpaired) electrons. The van der Waals surface area contributed by atoms with Gasteiger partial charge in [-0.15, -0.1) is 0 Å². The SMILES string of the molecule is CC(Nc1ncnc(N2CC3(C)CC2CC(C)(C)C3)c1N)c1ccccc1. The number of benzene rings is 1. The summed E-state index contributed by atoms with van der Waals surface area (Å²) in [6.45, 7) is 10.3. The number of nitrogens with two attached hydrogens (primary N) is 1. The van der Waals surface area contributed by atoms with E-state index in [9.17, 15) is 0 Å². The molecule has 1 saturated heterocycles. The van der Waals surface area contributed by atoms with Crippen molar-refractivity contribution in [1.29, 1.82) is 0 Å². The molecule has 0 amide bonds. The Morgan fingerprint density at radius 2 is 1.89 bits per heavy atom. The third kappa shape index (κ3) is 3.47. The Morgan fingerprint density at radius 1 is 1.15 bits per heavy atom. The molecule has 2 aliphatic rings. The average Bonchev–Trinajstić information content (AvgIpc) is 2.86. The van der Waals surface area contributed by atoms with Crippen molar-refractivity contribution in [3.63, 3.8) is 0 Å². The lowest BCUT2D eigenvalue weighted by Crippen LogP contribution is -2.35. The number of rotatable bonds is 4. The van der Waals surface area contributed by atoms with Crippen LogP contribution in [0, 0.1) is 10.8 Å². The number of nitrogens with zero attached hydrogens (tertiary/aromatic N) is 3. The summed E-state index contributed by atoms with van der Waals surface area (Å²) in [5.41, 5.74) is 9.14. The van der Waals surface area contributed by atoms with Gasteiger partial charge in [-0.2, -0.15) is 0 Å². The molecule has 1 aromatic heterocycles. The molecule has 2 heterocycles. The fourth-order valence-corrected chi connectivity index (χ4v) is 5.47. The van der Waals surface area contributed by atoms with Crippen LogP contribution in [0.25, 0.3) is 0 Å². The average molecular weight is 366 g/mol. The standard InChI is InChI=1S/C22H31N5/c1-15(16-8-6-5-7-9-16)26-19-18(23)20(25-14-24-19)27-13-22(4)11-17(27)10-21(2,3)12-22/h5-9,14-15,17H,10-13,23H2,1-4H3,(H,24,25,26). The van der Waals surface area contributed by atoms with Crippen LogP contribution in [0.4, 0.5) is 17.3 Å². The summed E-state index contributed by atoms with van der Waals surface area (Å²) in [6, 6.07) is 11.0. The summed E-state index contributed by atoms with van der Waals surface area (Å²) in [7, 11) is 0. The lowest BCUT2D eigenvalue weighted by Gasteiger charge is -2.39. The Hall–Kier alpha value is -2.30. The van der Waals surface area contributed by atoms with E-state index < -0.39 is 0 Å². The van der Waals surface area contributed by atoms with Gasteiger partial charge >= 0.3 is 0 Å². The molecule has 2 fully saturated rings. The van der Waals surface area contributed by atoms with Gasteiger partial charge in [0.05, 0.1) is 6.04 Å². The highest BCUT2D eigenvalue weighted by Crippen LogP contribution is 2.54. The molecular formula is C22H31N5. The van der Waals surface area contributed by atoms with Gasteiger partial charge in [0, 0.05) is 12.6 Å². The van der Waals surface area contributed by atoms with Crippen LogP contribution in [0.1, 0.15) is 58.6 Å². The van der Waals surface area contributed by atoms with Crippen molar-refractivity contribution in [2.75, 3.05) is 22.5 Å². The minimum absolute atomic E-state index is 0.130. The molecule has 5 heteroatoms. The quantitative estimate of drug-likeness (QED) is 0.826. The molecule has 1 saturated carbocycles. The minimum Gasteiger partial charge on any atom is -0.393 e. The zero-order chi connectivity index (χ0) is 19.2. The van der Waals surface area contributed by atoms with Crippen LogP contribution in [0.3, 0.4) is 0 Å². The molecule has 0 spiro atoms. The predicted molar refractivity (Wildman–Crippen MR) is 112 cm³/mol. The van der Waals surface area contributed by atoms with Gasteiger partial charge in [-0.1, -0.05) is 51.1 Å². The van der Waals surface area contributed by atoms with Gasteiger partial charge in [0.1, 0.15) is 12.0 Å². The van der Waals surface area contributed by atoms with Crippen LogP contribution in [-0.4, -0.2) is 22.6 Å². The minimum atomic E-state index is 0.130. The largest absolute Gasteiger partial charge is 0.393 e. The van der Waals surface area contributed by atoms with E-state index in [2.05, 4.69) is 72.1 Å². The van der Waals surface area contributed by atoms with E-state index in [1.54, 1.807) is 6.33 Å². The molecule has 4 rings (SSSR count). The van der Waals surface area contributed by atoms with E-state index in [-0.39, 0.29) is 6.04 Å². The Morgan fingerprint density at radius 3 is 2.63 bits per heavy atom. The maximum absolute atomic E-state index is 6.55. The second-order valence-electron chi connectivity index (χ2n) is 9.58. The molecule has 1 aliphatic heterocycles. The van der Waals surface area contributed by atoms with Gasteiger partial charge in [0.15, 0.2) is 11.6 Å². The van der Waals surface area contributed by atoms with Crippen LogP contribution in [0.5, 0.6) is 0 Å². The summed E-state index contributed by atoms with van der Waals surface area (Å²) in [6.07, 6.45) is 5.31. The topological polar surface area (TPSA) is 67.1 Å². The van der Waals surface area contributed by atoms with Crippen molar-refractivity contribution < 1.29 is 0 Å². The highest BCUT2D eigenvalue weighted by Gasteiger charge is 2.50. The fraction of sp³-hybridized carbons (Fsp3) is 0.545. The number of aromatic nitrogens is 2. The number of anilines is 3. The molecule has 2 bridgehead atoms. The smallest absolute Gasteiger partial charge is 0.157 e. The lowest BCUT2D eigenvalue weighted by molar-refractivity contribution is 0.136. The second-order valence-corrected chi connectivity index (χ2v) is 9.58. The van der Waals surface area contributed by atoms with E-state index in [0.29, 0.717) is 22.6 Å². The summed E-state index contributed by atoms with van der Waals surface area (Å²) in [5, 5.41) is 3.47. The van der Waals surface area contributed by atoms with Crippen molar-refractivity contribution in [3.05, 3.63) is 42.2 Å². The van der Waals surface area contributed by atoms with Gasteiger partial charge in [-0.05, 0) is 42.6 Å². The normalized spacial score (nSPS) is 27.4. The summed E-state index contributed by atoms with van der Waals surface area (Å²) in [4.78, 5) is 11.5. The monoisotopic (exact) mass is 365 g/mol. The summed E-state index contributed by atoms with van der Waals surface area (Å²) >= 11 is 0. The molecule has 2 aromatic rings. The fourth-order valence-electron chi connectivity index (χ4n) is 5.47. The Labute approximate surface area is 162 Å². The van der Waals surface area contributed by atoms with Gasteiger partial charge in [0.2, 0.25) is 0 Å². The summed E-state index contributed by atoms with van der Waals surface area (Å²) in [5.74, 6) is 1.61. The zero-order valence-corrected chi connectivity index (χ0v) is 16.9. The first kappa shape index (κ1) is 18.1. The van der Waals surface area contributed by atoms with Crippen molar-refractivity contribution >= 4 is 17.3 Å². The van der Waals surface area contributed by atoms with E-state index in [1.807, 2.05) is 6.07 Å². The lowest BCUT2D eigenvalue weighted by atomic mass is 9.65. The Bertz CT molecular complexity index is 819. The summed E-state index contributed by atoms with van der Waals surface area (Å²) < 4.78 is 0. The first-order valence-electron chi connectivity index (χ1n) is 9.95. The highest BCUT2D eigenvalue weighted by atomic mass is 15.3. The van der Waals surface area contributed by atoms with Crippen molar-refractivity contribution in [1.82, 2.24) is 9.97 Å². The van der Waals surface area contributed by atoms with Crippen LogP contribution >= 0.6 is 0 Å². The van der Waals surface area contributed by atoms with Crippen molar-refractivity contribution in [2.45, 2.75) is 59.0 Å². The van der Waals surface area contributed by atoms with Gasteiger partial charge < -0.3 is 16.0 Å². The van der Waals surface area contributed by atoms with Gasteiger partial charge in [-0.25, -0.2) is 9.97 Å². The van der Waals surface area contributed by atoms with Crippen molar-refractivity contribution in [3.8, 4) is 0 Å². The number of hydrogen-bond acceptors (Lipinski definition) is 5. The molecule has 3 N–H and O–H groups in total. The highest BCUT2D eigenvalue weighted by molar-refractivity contribution is 5.76. The zero-order valence-electron chi connectivity index (χ0n) is 16.9. The first-order chi connectivity index (χ1) is 12.8. The Kier molecular flexibility index (Phi) is 4.28. The molecule has 144 valence electrons. The third-order valence-corrected chi connectivity index (χ3v) is 6.20. The molecule has 27 heavy (non-hydrogen) atoms. The number of fused-ring (bicyclic) bond motifs is 2. The maximum Gasteiger partial charge on any atom is 0.157 e. The number of nitrogen functional groups attached to an aromatic ring is 1.